The Morgan fingerprint density at radius 3 is 2.38 bits per heavy atom. The van der Waals surface area contributed by atoms with Crippen LogP contribution in [-0.2, 0) is 13.2 Å². The molecule has 32 heavy (non-hydrogen) atoms. The number of nitrogens with two attached hydrogens (primary N) is 1. The van der Waals surface area contributed by atoms with Gasteiger partial charge in [0.05, 0.1) is 6.54 Å². The van der Waals surface area contributed by atoms with Gasteiger partial charge in [-0.1, -0.05) is 65.3 Å². The maximum atomic E-state index is 12.2. The molecule has 4 N–H and O–H groups in total. The van der Waals surface area contributed by atoms with Gasteiger partial charge in [0.25, 0.3) is 0 Å². The quantitative estimate of drug-likeness (QED) is 0.306. The third kappa shape index (κ3) is 5.64. The summed E-state index contributed by atoms with van der Waals surface area (Å²) < 4.78 is 7.54. The largest absolute Gasteiger partial charge is 0.488 e. The molecule has 160 valence electrons. The van der Waals surface area contributed by atoms with Crippen LogP contribution in [0.4, 0.5) is 10.5 Å². The van der Waals surface area contributed by atoms with Crippen molar-refractivity contribution in [3.05, 3.63) is 115 Å². The average Bonchev–Trinajstić information content (AvgIpc) is 2.83. The molecule has 6 heteroatoms. The maximum Gasteiger partial charge on any atom is 0.319 e. The topological polar surface area (TPSA) is 80.3 Å². The van der Waals surface area contributed by atoms with E-state index in [0.717, 1.165) is 28.0 Å². The summed E-state index contributed by atoms with van der Waals surface area (Å²) in [7, 11) is 0. The Labute approximate surface area is 187 Å². The highest BCUT2D eigenvalue weighted by molar-refractivity contribution is 5.89. The van der Waals surface area contributed by atoms with Crippen LogP contribution in [0.5, 0.6) is 5.75 Å². The lowest BCUT2D eigenvalue weighted by molar-refractivity contribution is -0.639. The van der Waals surface area contributed by atoms with Crippen molar-refractivity contribution in [2.24, 2.45) is 0 Å². The summed E-state index contributed by atoms with van der Waals surface area (Å²) >= 11 is 0. The molecule has 3 aromatic carbocycles. The summed E-state index contributed by atoms with van der Waals surface area (Å²) in [5.74, 6) is 6.51. The number of pyridine rings is 1. The number of nitrogens with zero attached hydrogens (tertiary/aromatic N) is 1. The number of rotatable bonds is 7. The van der Waals surface area contributed by atoms with Crippen molar-refractivity contribution < 1.29 is 14.2 Å². The fourth-order valence-electron chi connectivity index (χ4n) is 3.30. The second kappa shape index (κ2) is 10.1. The van der Waals surface area contributed by atoms with Gasteiger partial charge in [0.1, 0.15) is 12.4 Å². The monoisotopic (exact) mass is 425 g/mol. The van der Waals surface area contributed by atoms with Gasteiger partial charge in [-0.15, -0.1) is 0 Å². The molecule has 0 aliphatic carbocycles. The normalized spacial score (nSPS) is 10.4. The van der Waals surface area contributed by atoms with Gasteiger partial charge in [0.2, 0.25) is 6.20 Å². The van der Waals surface area contributed by atoms with E-state index in [-0.39, 0.29) is 6.03 Å². The highest BCUT2D eigenvalue weighted by Crippen LogP contribution is 2.30. The molecule has 2 amide bonds. The number of nitrogens with one attached hydrogen (secondary N) is 2. The Morgan fingerprint density at radius 2 is 1.59 bits per heavy atom. The van der Waals surface area contributed by atoms with Crippen molar-refractivity contribution in [1.29, 1.82) is 0 Å². The number of nitrogen functional groups attached to an aromatic ring is 1. The van der Waals surface area contributed by atoms with Crippen LogP contribution in [0.25, 0.3) is 11.1 Å². The molecule has 0 radical (unpaired) electrons. The van der Waals surface area contributed by atoms with Crippen molar-refractivity contribution in [2.75, 3.05) is 11.2 Å². The molecule has 0 aliphatic heterocycles. The first-order valence-electron chi connectivity index (χ1n) is 10.3. The fraction of sp³-hybridized carbons (Fsp3) is 0.0769. The van der Waals surface area contributed by atoms with Gasteiger partial charge in [-0.25, -0.2) is 10.6 Å². The zero-order valence-corrected chi connectivity index (χ0v) is 17.6. The Balaban J connectivity index is 1.31. The molecule has 0 unspecified atom stereocenters. The van der Waals surface area contributed by atoms with Gasteiger partial charge in [-0.2, -0.15) is 0 Å². The Hall–Kier alpha value is -4.32. The second-order valence-electron chi connectivity index (χ2n) is 7.31. The number of benzene rings is 3. The standard InChI is InChI=1S/C26H24N4O2/c27-30-16-6-7-21(18-30)17-28-26(31)29-23-14-12-20(13-15-23)19-32-25-11-5-4-10-24(25)22-8-2-1-3-9-22/h1-16,18H,17,19,27H2,(H-,28,29,31)/p+1. The van der Waals surface area contributed by atoms with Crippen LogP contribution in [-0.4, -0.2) is 6.03 Å². The highest BCUT2D eigenvalue weighted by atomic mass is 16.5. The molecule has 0 aliphatic rings. The fourth-order valence-corrected chi connectivity index (χ4v) is 3.30. The number of aromatic nitrogens is 1. The number of anilines is 1. The Bertz CT molecular complexity index is 1180. The van der Waals surface area contributed by atoms with Gasteiger partial charge in [-0.05, 0) is 35.4 Å². The molecular formula is C26H25N4O2+. The van der Waals surface area contributed by atoms with Crippen molar-refractivity contribution in [1.82, 2.24) is 5.32 Å². The first-order chi connectivity index (χ1) is 15.7. The molecule has 1 heterocycles. The van der Waals surface area contributed by atoms with Crippen LogP contribution in [0, 0.1) is 0 Å². The minimum atomic E-state index is -0.279. The van der Waals surface area contributed by atoms with Gasteiger partial charge in [-0.3, -0.25) is 0 Å². The first-order valence-corrected chi connectivity index (χ1v) is 10.3. The van der Waals surface area contributed by atoms with Gasteiger partial charge < -0.3 is 15.4 Å². The van der Waals surface area contributed by atoms with Crippen LogP contribution in [0.3, 0.4) is 0 Å². The number of hydrogen-bond acceptors (Lipinski definition) is 3. The summed E-state index contributed by atoms with van der Waals surface area (Å²) in [6.07, 6.45) is 3.49. The number of carbonyl (C=O) groups excluding carboxylic acids is 1. The van der Waals surface area contributed by atoms with Crippen molar-refractivity contribution in [2.45, 2.75) is 13.2 Å². The summed E-state index contributed by atoms with van der Waals surface area (Å²) in [4.78, 5) is 12.2. The van der Waals surface area contributed by atoms with E-state index in [1.54, 1.807) is 12.4 Å². The van der Waals surface area contributed by atoms with E-state index in [9.17, 15) is 4.79 Å². The zero-order chi connectivity index (χ0) is 22.2. The first kappa shape index (κ1) is 20.9. The van der Waals surface area contributed by atoms with E-state index in [1.807, 2.05) is 72.8 Å². The summed E-state index contributed by atoms with van der Waals surface area (Å²) in [5.41, 5.74) is 4.80. The van der Waals surface area contributed by atoms with E-state index in [1.165, 1.54) is 4.68 Å². The molecule has 6 nitrogen and oxygen atoms in total. The lowest BCUT2D eigenvalue weighted by Crippen LogP contribution is -2.44. The zero-order valence-electron chi connectivity index (χ0n) is 17.6. The van der Waals surface area contributed by atoms with Gasteiger partial charge >= 0.3 is 6.03 Å². The maximum absolute atomic E-state index is 12.2. The second-order valence-corrected chi connectivity index (χ2v) is 7.31. The van der Waals surface area contributed by atoms with Crippen LogP contribution in [0.15, 0.2) is 103 Å². The number of amides is 2. The smallest absolute Gasteiger partial charge is 0.319 e. The molecule has 0 fully saturated rings. The van der Waals surface area contributed by atoms with Crippen LogP contribution >= 0.6 is 0 Å². The van der Waals surface area contributed by atoms with E-state index >= 15 is 0 Å². The molecule has 1 aromatic heterocycles. The summed E-state index contributed by atoms with van der Waals surface area (Å²) in [6, 6.07) is 29.2. The van der Waals surface area contributed by atoms with E-state index in [2.05, 4.69) is 28.8 Å². The van der Waals surface area contributed by atoms with Gasteiger partial charge in [0.15, 0.2) is 6.20 Å². The summed E-state index contributed by atoms with van der Waals surface area (Å²) in [5, 5.41) is 5.64. The predicted octanol–water partition coefficient (Wildman–Crippen LogP) is 4.26. The molecule has 4 rings (SSSR count). The highest BCUT2D eigenvalue weighted by Gasteiger charge is 2.07. The Morgan fingerprint density at radius 1 is 0.844 bits per heavy atom. The van der Waals surface area contributed by atoms with Crippen molar-refractivity contribution >= 4 is 11.7 Å². The summed E-state index contributed by atoms with van der Waals surface area (Å²) in [6.45, 7) is 0.819. The van der Waals surface area contributed by atoms with E-state index in [0.29, 0.717) is 18.8 Å². The lowest BCUT2D eigenvalue weighted by Gasteiger charge is -2.12. The minimum absolute atomic E-state index is 0.279. The predicted molar refractivity (Wildman–Crippen MR) is 125 cm³/mol. The number of hydrogen-bond donors (Lipinski definition) is 3. The number of ether oxygens (including phenoxy) is 1. The molecule has 4 aromatic rings. The number of para-hydroxylation sites is 1. The minimum Gasteiger partial charge on any atom is -0.488 e. The number of urea groups is 1. The SMILES string of the molecule is N[n+]1cccc(CNC(=O)Nc2ccc(COc3ccccc3-c3ccccc3)cc2)c1. The molecular weight excluding hydrogens is 400 g/mol. The van der Waals surface area contributed by atoms with E-state index < -0.39 is 0 Å². The molecule has 0 bridgehead atoms. The van der Waals surface area contributed by atoms with Crippen LogP contribution in [0.1, 0.15) is 11.1 Å². The molecule has 0 saturated heterocycles. The third-order valence-corrected chi connectivity index (χ3v) is 4.91. The molecule has 0 atom stereocenters. The van der Waals surface area contributed by atoms with Crippen molar-refractivity contribution in [3.63, 3.8) is 0 Å². The van der Waals surface area contributed by atoms with Crippen LogP contribution in [0.2, 0.25) is 0 Å². The lowest BCUT2D eigenvalue weighted by atomic mass is 10.0. The molecule has 0 saturated carbocycles. The molecule has 0 spiro atoms. The average molecular weight is 426 g/mol. The van der Waals surface area contributed by atoms with Gasteiger partial charge in [0, 0.05) is 22.9 Å². The third-order valence-electron chi connectivity index (χ3n) is 4.91. The number of carbonyl (C=O) groups is 1. The van der Waals surface area contributed by atoms with E-state index in [4.69, 9.17) is 10.6 Å². The van der Waals surface area contributed by atoms with Crippen LogP contribution < -0.4 is 25.9 Å². The van der Waals surface area contributed by atoms with Crippen molar-refractivity contribution in [3.8, 4) is 16.9 Å². The Kier molecular flexibility index (Phi) is 6.63.